The van der Waals surface area contributed by atoms with Crippen molar-refractivity contribution in [1.82, 2.24) is 5.32 Å². The van der Waals surface area contributed by atoms with Crippen molar-refractivity contribution in [3.8, 4) is 0 Å². The summed E-state index contributed by atoms with van der Waals surface area (Å²) in [6.07, 6.45) is 0. The lowest BCUT2D eigenvalue weighted by Crippen LogP contribution is -2.50. The molecule has 1 amide bonds. The Hall–Kier alpha value is -1.10. The molecule has 0 saturated heterocycles. The van der Waals surface area contributed by atoms with E-state index in [2.05, 4.69) is 5.32 Å². The standard InChI is InChI=1S/C8H16N2O3/c1-8(2,3)6(7(12)13)10-5(11)4-9/h6H,4,9H2,1-3H3,(H,10,11)(H,12,13). The highest BCUT2D eigenvalue weighted by Gasteiger charge is 2.32. The molecular weight excluding hydrogens is 172 g/mol. The molecule has 5 heteroatoms. The summed E-state index contributed by atoms with van der Waals surface area (Å²) >= 11 is 0. The fraction of sp³-hybridized carbons (Fsp3) is 0.750. The Morgan fingerprint density at radius 2 is 1.92 bits per heavy atom. The molecule has 0 aromatic carbocycles. The summed E-state index contributed by atoms with van der Waals surface area (Å²) in [5.74, 6) is -1.50. The molecule has 0 aliphatic rings. The number of carboxylic acids is 1. The van der Waals surface area contributed by atoms with E-state index in [1.54, 1.807) is 20.8 Å². The molecule has 1 atom stereocenters. The van der Waals surface area contributed by atoms with Crippen LogP contribution < -0.4 is 11.1 Å². The summed E-state index contributed by atoms with van der Waals surface area (Å²) in [4.78, 5) is 21.6. The minimum atomic E-state index is -1.05. The summed E-state index contributed by atoms with van der Waals surface area (Å²) in [6.45, 7) is 5.02. The summed E-state index contributed by atoms with van der Waals surface area (Å²) in [7, 11) is 0. The van der Waals surface area contributed by atoms with Crippen LogP contribution in [0.15, 0.2) is 0 Å². The van der Waals surface area contributed by atoms with E-state index < -0.39 is 23.3 Å². The molecule has 76 valence electrons. The van der Waals surface area contributed by atoms with Gasteiger partial charge in [-0.15, -0.1) is 0 Å². The van der Waals surface area contributed by atoms with E-state index >= 15 is 0 Å². The molecule has 0 fully saturated rings. The van der Waals surface area contributed by atoms with Gasteiger partial charge in [-0.05, 0) is 5.41 Å². The number of carboxylic acid groups (broad SMARTS) is 1. The van der Waals surface area contributed by atoms with Gasteiger partial charge in [-0.25, -0.2) is 4.79 Å². The summed E-state index contributed by atoms with van der Waals surface area (Å²) < 4.78 is 0. The molecule has 1 unspecified atom stereocenters. The van der Waals surface area contributed by atoms with Crippen molar-refractivity contribution < 1.29 is 14.7 Å². The van der Waals surface area contributed by atoms with Gasteiger partial charge in [-0.2, -0.15) is 0 Å². The lowest BCUT2D eigenvalue weighted by atomic mass is 9.87. The zero-order chi connectivity index (χ0) is 10.6. The van der Waals surface area contributed by atoms with Crippen LogP contribution in [0.25, 0.3) is 0 Å². The molecule has 0 saturated carbocycles. The van der Waals surface area contributed by atoms with E-state index in [1.807, 2.05) is 0 Å². The number of hydrogen-bond acceptors (Lipinski definition) is 3. The number of carbonyl (C=O) groups is 2. The number of amides is 1. The van der Waals surface area contributed by atoms with Crippen LogP contribution in [0.4, 0.5) is 0 Å². The van der Waals surface area contributed by atoms with E-state index in [1.165, 1.54) is 0 Å². The minimum Gasteiger partial charge on any atom is -0.480 e. The lowest BCUT2D eigenvalue weighted by molar-refractivity contribution is -0.144. The fourth-order valence-electron chi connectivity index (χ4n) is 0.869. The number of nitrogens with one attached hydrogen (secondary N) is 1. The van der Waals surface area contributed by atoms with Crippen LogP contribution in [0.5, 0.6) is 0 Å². The Bertz CT molecular complexity index is 208. The van der Waals surface area contributed by atoms with Gasteiger partial charge in [0.25, 0.3) is 0 Å². The SMILES string of the molecule is CC(C)(C)C(NC(=O)CN)C(=O)O. The van der Waals surface area contributed by atoms with E-state index in [4.69, 9.17) is 10.8 Å². The Balaban J connectivity index is 4.46. The van der Waals surface area contributed by atoms with Gasteiger partial charge in [0.15, 0.2) is 0 Å². The van der Waals surface area contributed by atoms with Crippen LogP contribution >= 0.6 is 0 Å². The highest BCUT2D eigenvalue weighted by molar-refractivity contribution is 5.85. The Kier molecular flexibility index (Phi) is 3.87. The van der Waals surface area contributed by atoms with Crippen molar-refractivity contribution in [2.45, 2.75) is 26.8 Å². The number of hydrogen-bond donors (Lipinski definition) is 3. The molecule has 0 aliphatic carbocycles. The largest absolute Gasteiger partial charge is 0.480 e. The van der Waals surface area contributed by atoms with Crippen LogP contribution in [-0.2, 0) is 9.59 Å². The summed E-state index contributed by atoms with van der Waals surface area (Å²) in [5.41, 5.74) is 4.54. The predicted octanol–water partition coefficient (Wildman–Crippen LogP) is -0.439. The highest BCUT2D eigenvalue weighted by atomic mass is 16.4. The van der Waals surface area contributed by atoms with Crippen molar-refractivity contribution in [3.63, 3.8) is 0 Å². The Morgan fingerprint density at radius 3 is 2.15 bits per heavy atom. The molecule has 0 heterocycles. The first kappa shape index (κ1) is 11.9. The molecule has 0 spiro atoms. The van der Waals surface area contributed by atoms with Crippen molar-refractivity contribution in [2.24, 2.45) is 11.1 Å². The van der Waals surface area contributed by atoms with Crippen molar-refractivity contribution in [1.29, 1.82) is 0 Å². The van der Waals surface area contributed by atoms with E-state index in [-0.39, 0.29) is 6.54 Å². The van der Waals surface area contributed by atoms with Crippen LogP contribution in [0.3, 0.4) is 0 Å². The normalized spacial score (nSPS) is 13.5. The lowest BCUT2D eigenvalue weighted by Gasteiger charge is -2.27. The van der Waals surface area contributed by atoms with E-state index in [0.717, 1.165) is 0 Å². The molecule has 0 aromatic heterocycles. The second-order valence-electron chi connectivity index (χ2n) is 3.91. The van der Waals surface area contributed by atoms with Gasteiger partial charge in [0.2, 0.25) is 5.91 Å². The zero-order valence-corrected chi connectivity index (χ0v) is 8.13. The number of nitrogens with two attached hydrogens (primary N) is 1. The monoisotopic (exact) mass is 188 g/mol. The van der Waals surface area contributed by atoms with Crippen LogP contribution in [-0.4, -0.2) is 29.6 Å². The van der Waals surface area contributed by atoms with Gasteiger partial charge in [0, 0.05) is 0 Å². The first-order valence-electron chi connectivity index (χ1n) is 4.01. The Morgan fingerprint density at radius 1 is 1.46 bits per heavy atom. The van der Waals surface area contributed by atoms with Crippen molar-refractivity contribution in [3.05, 3.63) is 0 Å². The molecule has 0 radical (unpaired) electrons. The van der Waals surface area contributed by atoms with Gasteiger partial charge in [-0.1, -0.05) is 20.8 Å². The van der Waals surface area contributed by atoms with Gasteiger partial charge >= 0.3 is 5.97 Å². The zero-order valence-electron chi connectivity index (χ0n) is 8.13. The first-order valence-corrected chi connectivity index (χ1v) is 4.01. The second kappa shape index (κ2) is 4.23. The highest BCUT2D eigenvalue weighted by Crippen LogP contribution is 2.19. The third kappa shape index (κ3) is 3.89. The van der Waals surface area contributed by atoms with Crippen molar-refractivity contribution in [2.75, 3.05) is 6.54 Å². The average Bonchev–Trinajstić information content (AvgIpc) is 1.96. The number of aliphatic carboxylic acids is 1. The van der Waals surface area contributed by atoms with Crippen LogP contribution in [0.1, 0.15) is 20.8 Å². The maximum atomic E-state index is 10.9. The van der Waals surface area contributed by atoms with Gasteiger partial charge < -0.3 is 16.2 Å². The summed E-state index contributed by atoms with van der Waals surface area (Å²) in [5, 5.41) is 11.1. The third-order valence-electron chi connectivity index (χ3n) is 1.60. The molecule has 0 rings (SSSR count). The molecule has 0 bridgehead atoms. The quantitative estimate of drug-likeness (QED) is 0.560. The molecule has 0 aromatic rings. The number of carbonyl (C=O) groups excluding carboxylic acids is 1. The van der Waals surface area contributed by atoms with Gasteiger partial charge in [0.05, 0.1) is 6.54 Å². The topological polar surface area (TPSA) is 92.4 Å². The molecule has 13 heavy (non-hydrogen) atoms. The minimum absolute atomic E-state index is 0.195. The molecular formula is C8H16N2O3. The fourth-order valence-corrected chi connectivity index (χ4v) is 0.869. The predicted molar refractivity (Wildman–Crippen MR) is 48.1 cm³/mol. The number of rotatable bonds is 3. The average molecular weight is 188 g/mol. The first-order chi connectivity index (χ1) is 5.79. The van der Waals surface area contributed by atoms with Gasteiger partial charge in [0.1, 0.15) is 6.04 Å². The molecule has 4 N–H and O–H groups in total. The van der Waals surface area contributed by atoms with E-state index in [9.17, 15) is 9.59 Å². The summed E-state index contributed by atoms with van der Waals surface area (Å²) in [6, 6.07) is -0.899. The van der Waals surface area contributed by atoms with Crippen LogP contribution in [0.2, 0.25) is 0 Å². The van der Waals surface area contributed by atoms with Crippen molar-refractivity contribution >= 4 is 11.9 Å². The van der Waals surface area contributed by atoms with Crippen LogP contribution in [0, 0.1) is 5.41 Å². The third-order valence-corrected chi connectivity index (χ3v) is 1.60. The van der Waals surface area contributed by atoms with E-state index in [0.29, 0.717) is 0 Å². The smallest absolute Gasteiger partial charge is 0.326 e. The maximum absolute atomic E-state index is 10.9. The Labute approximate surface area is 77.3 Å². The molecule has 0 aliphatic heterocycles. The molecule has 5 nitrogen and oxygen atoms in total. The second-order valence-corrected chi connectivity index (χ2v) is 3.91. The maximum Gasteiger partial charge on any atom is 0.326 e. The van der Waals surface area contributed by atoms with Gasteiger partial charge in [-0.3, -0.25) is 4.79 Å².